The van der Waals surface area contributed by atoms with E-state index < -0.39 is 0 Å². The molecule has 5 rings (SSSR count). The number of hydrogen-bond acceptors (Lipinski definition) is 3. The molecule has 4 aromatic rings. The third kappa shape index (κ3) is 4.97. The summed E-state index contributed by atoms with van der Waals surface area (Å²) in [6, 6.07) is 23.6. The zero-order valence-electron chi connectivity index (χ0n) is 20.7. The van der Waals surface area contributed by atoms with Gasteiger partial charge in [-0.1, -0.05) is 36.4 Å². The molecule has 0 bridgehead atoms. The summed E-state index contributed by atoms with van der Waals surface area (Å²) in [5.74, 6) is -0.377. The van der Waals surface area contributed by atoms with Gasteiger partial charge in [-0.05, 0) is 74.1 Å². The second-order valence-corrected chi connectivity index (χ2v) is 9.48. The van der Waals surface area contributed by atoms with Crippen molar-refractivity contribution in [3.05, 3.63) is 114 Å². The van der Waals surface area contributed by atoms with Crippen molar-refractivity contribution in [1.29, 1.82) is 0 Å². The highest BCUT2D eigenvalue weighted by molar-refractivity contribution is 7.80. The van der Waals surface area contributed by atoms with Crippen LogP contribution in [0.1, 0.15) is 41.1 Å². The molecule has 8 heteroatoms. The number of aromatic nitrogens is 2. The van der Waals surface area contributed by atoms with Gasteiger partial charge in [0.15, 0.2) is 5.11 Å². The number of aryl methyl sites for hydroxylation is 1. The summed E-state index contributed by atoms with van der Waals surface area (Å²) in [5, 5.41) is 6.93. The predicted octanol–water partition coefficient (Wildman–Crippen LogP) is 5.63. The number of carbonyl (C=O) groups excluding carboxylic acids is 1. The maximum atomic E-state index is 14.8. The smallest absolute Gasteiger partial charge is 0.226 e. The standard InChI is InChI=1S/C29H28FN5OS/c1-19-18-22(20(2)35(19)25-14-7-6-12-23(25)30)28-27(24-13-8-9-16-31-24)33-29(37)34(28)17-15-26(36)32-21-10-4-3-5-11-21/h3-14,16,18,27-28H,15,17H2,1-2H3,(H,32,36)(H,33,37). The van der Waals surface area contributed by atoms with Crippen LogP contribution in [0.2, 0.25) is 0 Å². The van der Waals surface area contributed by atoms with Crippen LogP contribution in [0.5, 0.6) is 0 Å². The summed E-state index contributed by atoms with van der Waals surface area (Å²) < 4.78 is 16.7. The van der Waals surface area contributed by atoms with Gasteiger partial charge >= 0.3 is 0 Å². The maximum absolute atomic E-state index is 14.8. The zero-order chi connectivity index (χ0) is 25.9. The van der Waals surface area contributed by atoms with Crippen molar-refractivity contribution >= 4 is 28.9 Å². The van der Waals surface area contributed by atoms with E-state index in [0.29, 0.717) is 17.3 Å². The molecule has 1 saturated heterocycles. The van der Waals surface area contributed by atoms with Crippen LogP contribution < -0.4 is 10.6 Å². The molecule has 188 valence electrons. The second-order valence-electron chi connectivity index (χ2n) is 9.10. The first-order valence-corrected chi connectivity index (χ1v) is 12.6. The molecule has 0 saturated carbocycles. The lowest BCUT2D eigenvalue weighted by atomic mass is 9.96. The summed E-state index contributed by atoms with van der Waals surface area (Å²) in [7, 11) is 0. The molecule has 2 unspecified atom stereocenters. The molecule has 37 heavy (non-hydrogen) atoms. The van der Waals surface area contributed by atoms with Gasteiger partial charge in [-0.25, -0.2) is 4.39 Å². The molecular formula is C29H28FN5OS. The van der Waals surface area contributed by atoms with Crippen LogP contribution in [0, 0.1) is 19.7 Å². The van der Waals surface area contributed by atoms with Crippen molar-refractivity contribution in [3.63, 3.8) is 0 Å². The molecule has 2 atom stereocenters. The quantitative estimate of drug-likeness (QED) is 0.314. The molecule has 1 aliphatic rings. The number of nitrogens with one attached hydrogen (secondary N) is 2. The number of para-hydroxylation sites is 2. The van der Waals surface area contributed by atoms with Crippen LogP contribution in [0.25, 0.3) is 5.69 Å². The van der Waals surface area contributed by atoms with Gasteiger partial charge in [0.2, 0.25) is 5.91 Å². The number of anilines is 1. The fourth-order valence-electron chi connectivity index (χ4n) is 5.04. The average Bonchev–Trinajstić information content (AvgIpc) is 3.38. The minimum absolute atomic E-state index is 0.0918. The van der Waals surface area contributed by atoms with Crippen LogP contribution in [0.15, 0.2) is 85.1 Å². The van der Waals surface area contributed by atoms with Gasteiger partial charge in [0.05, 0.1) is 23.5 Å². The van der Waals surface area contributed by atoms with Crippen LogP contribution in [-0.4, -0.2) is 32.0 Å². The van der Waals surface area contributed by atoms with Crippen molar-refractivity contribution in [2.75, 3.05) is 11.9 Å². The maximum Gasteiger partial charge on any atom is 0.226 e. The lowest BCUT2D eigenvalue weighted by Gasteiger charge is -2.28. The molecule has 6 nitrogen and oxygen atoms in total. The normalized spacial score (nSPS) is 17.1. The lowest BCUT2D eigenvalue weighted by molar-refractivity contribution is -0.116. The van der Waals surface area contributed by atoms with E-state index in [9.17, 15) is 9.18 Å². The molecule has 0 aliphatic carbocycles. The Morgan fingerprint density at radius 2 is 1.78 bits per heavy atom. The van der Waals surface area contributed by atoms with E-state index in [1.165, 1.54) is 6.07 Å². The lowest BCUT2D eigenvalue weighted by Crippen LogP contribution is -2.32. The van der Waals surface area contributed by atoms with Crippen molar-refractivity contribution in [2.24, 2.45) is 0 Å². The highest BCUT2D eigenvalue weighted by Crippen LogP contribution is 2.41. The Morgan fingerprint density at radius 3 is 2.51 bits per heavy atom. The van der Waals surface area contributed by atoms with Crippen LogP contribution in [0.3, 0.4) is 0 Å². The topological polar surface area (TPSA) is 62.2 Å². The summed E-state index contributed by atoms with van der Waals surface area (Å²) in [6.07, 6.45) is 2.02. The molecule has 3 heterocycles. The van der Waals surface area contributed by atoms with Crippen LogP contribution in [-0.2, 0) is 4.79 Å². The minimum Gasteiger partial charge on any atom is -0.352 e. The second kappa shape index (κ2) is 10.5. The Balaban J connectivity index is 1.49. The first-order chi connectivity index (χ1) is 17.9. The number of nitrogens with zero attached hydrogens (tertiary/aromatic N) is 3. The predicted molar refractivity (Wildman–Crippen MR) is 147 cm³/mol. The number of amides is 1. The van der Waals surface area contributed by atoms with E-state index in [0.717, 1.165) is 28.3 Å². The third-order valence-corrected chi connectivity index (χ3v) is 7.07. The van der Waals surface area contributed by atoms with Crippen molar-refractivity contribution in [3.8, 4) is 5.69 Å². The third-order valence-electron chi connectivity index (χ3n) is 6.72. The van der Waals surface area contributed by atoms with Gasteiger partial charge in [0.1, 0.15) is 5.82 Å². The summed E-state index contributed by atoms with van der Waals surface area (Å²) >= 11 is 5.76. The summed E-state index contributed by atoms with van der Waals surface area (Å²) in [6.45, 7) is 4.38. The molecule has 2 aromatic carbocycles. The SMILES string of the molecule is Cc1cc(C2C(c3ccccn3)NC(=S)N2CCC(=O)Nc2ccccc2)c(C)n1-c1ccccc1F. The molecule has 2 aromatic heterocycles. The van der Waals surface area contributed by atoms with E-state index in [1.54, 1.807) is 18.3 Å². The zero-order valence-corrected chi connectivity index (χ0v) is 21.5. The van der Waals surface area contributed by atoms with E-state index in [1.807, 2.05) is 77.9 Å². The van der Waals surface area contributed by atoms with Gasteiger partial charge in [0.25, 0.3) is 0 Å². The van der Waals surface area contributed by atoms with Gasteiger partial charge in [-0.2, -0.15) is 0 Å². The number of pyridine rings is 1. The number of benzene rings is 2. The van der Waals surface area contributed by atoms with E-state index in [2.05, 4.69) is 21.7 Å². The first-order valence-electron chi connectivity index (χ1n) is 12.2. The van der Waals surface area contributed by atoms with Gasteiger partial charge in [0, 0.05) is 36.2 Å². The summed E-state index contributed by atoms with van der Waals surface area (Å²) in [5.41, 5.74) is 4.94. The Morgan fingerprint density at radius 1 is 1.05 bits per heavy atom. The Bertz CT molecular complexity index is 1420. The fraction of sp³-hybridized carbons (Fsp3) is 0.207. The molecule has 1 fully saturated rings. The number of rotatable bonds is 7. The number of thiocarbonyl (C=S) groups is 1. The molecule has 0 spiro atoms. The van der Waals surface area contributed by atoms with Gasteiger partial charge in [-0.15, -0.1) is 0 Å². The van der Waals surface area contributed by atoms with Crippen LogP contribution in [0.4, 0.5) is 10.1 Å². The minimum atomic E-state index is -0.286. The first kappa shape index (κ1) is 24.6. The largest absolute Gasteiger partial charge is 0.352 e. The molecule has 1 aliphatic heterocycles. The Labute approximate surface area is 221 Å². The van der Waals surface area contributed by atoms with Gasteiger partial charge in [-0.3, -0.25) is 9.78 Å². The Kier molecular flexibility index (Phi) is 7.01. The van der Waals surface area contributed by atoms with Gasteiger partial charge < -0.3 is 20.1 Å². The van der Waals surface area contributed by atoms with Crippen molar-refractivity contribution < 1.29 is 9.18 Å². The van der Waals surface area contributed by atoms with E-state index >= 15 is 0 Å². The number of carbonyl (C=O) groups is 1. The van der Waals surface area contributed by atoms with Crippen molar-refractivity contribution in [2.45, 2.75) is 32.4 Å². The van der Waals surface area contributed by atoms with E-state index in [-0.39, 0.29) is 30.2 Å². The molecule has 0 radical (unpaired) electrons. The summed E-state index contributed by atoms with van der Waals surface area (Å²) in [4.78, 5) is 19.4. The highest BCUT2D eigenvalue weighted by atomic mass is 32.1. The molecule has 1 amide bonds. The van der Waals surface area contributed by atoms with Crippen molar-refractivity contribution in [1.82, 2.24) is 19.8 Å². The average molecular weight is 514 g/mol. The number of halogens is 1. The Hall–Kier alpha value is -4.04. The van der Waals surface area contributed by atoms with E-state index in [4.69, 9.17) is 12.2 Å². The monoisotopic (exact) mass is 513 g/mol. The molecule has 2 N–H and O–H groups in total. The van der Waals surface area contributed by atoms with Crippen LogP contribution >= 0.6 is 12.2 Å². The fourth-order valence-corrected chi connectivity index (χ4v) is 5.37. The highest BCUT2D eigenvalue weighted by Gasteiger charge is 2.41. The number of hydrogen-bond donors (Lipinski definition) is 2. The molecular weight excluding hydrogens is 485 g/mol.